The molecule has 78 valence electrons. The molecule has 0 radical (unpaired) electrons. The monoisotopic (exact) mass is 194 g/mol. The number of rotatable bonds is 2. The van der Waals surface area contributed by atoms with Crippen molar-refractivity contribution in [3.05, 3.63) is 24.1 Å². The Morgan fingerprint density at radius 1 is 1.43 bits per heavy atom. The zero-order chi connectivity index (χ0) is 9.80. The van der Waals surface area contributed by atoms with Gasteiger partial charge in [-0.2, -0.15) is 0 Å². The fraction of sp³-hybridized carbons (Fsp3) is 0.636. The van der Waals surface area contributed by atoms with Crippen molar-refractivity contribution in [3.8, 4) is 0 Å². The van der Waals surface area contributed by atoms with E-state index in [0.29, 0.717) is 6.04 Å². The van der Waals surface area contributed by atoms with Crippen LogP contribution in [0.15, 0.2) is 24.1 Å². The predicted octanol–water partition coefficient (Wildman–Crippen LogP) is 1.27. The van der Waals surface area contributed by atoms with Crippen LogP contribution in [0.2, 0.25) is 0 Å². The van der Waals surface area contributed by atoms with Gasteiger partial charge >= 0.3 is 0 Å². The quantitative estimate of drug-likeness (QED) is 0.696. The highest BCUT2D eigenvalue weighted by Gasteiger charge is 2.16. The molecule has 0 bridgehead atoms. The second-order valence-electron chi connectivity index (χ2n) is 3.97. The number of hydrogen-bond acceptors (Lipinski definition) is 3. The van der Waals surface area contributed by atoms with Gasteiger partial charge in [-0.25, -0.2) is 0 Å². The van der Waals surface area contributed by atoms with Gasteiger partial charge in [-0.05, 0) is 31.2 Å². The van der Waals surface area contributed by atoms with Gasteiger partial charge in [0.1, 0.15) is 6.10 Å². The molecule has 0 aromatic rings. The lowest BCUT2D eigenvalue weighted by molar-refractivity contribution is 0.128. The first-order chi connectivity index (χ1) is 6.84. The summed E-state index contributed by atoms with van der Waals surface area (Å²) in [5.41, 5.74) is 5.88. The molecule has 2 atom stereocenters. The van der Waals surface area contributed by atoms with Crippen molar-refractivity contribution in [2.24, 2.45) is 5.73 Å². The lowest BCUT2D eigenvalue weighted by Gasteiger charge is -2.25. The van der Waals surface area contributed by atoms with Crippen molar-refractivity contribution in [1.82, 2.24) is 5.32 Å². The summed E-state index contributed by atoms with van der Waals surface area (Å²) in [5, 5.41) is 3.16. The maximum absolute atomic E-state index is 5.88. The summed E-state index contributed by atoms with van der Waals surface area (Å²) in [6, 6.07) is 0.292. The smallest absolute Gasteiger partial charge is 0.120 e. The summed E-state index contributed by atoms with van der Waals surface area (Å²) in [6.07, 6.45) is 10.6. The minimum atomic E-state index is 0.243. The average Bonchev–Trinajstić information content (AvgIpc) is 2.19. The molecule has 1 heterocycles. The zero-order valence-corrected chi connectivity index (χ0v) is 8.41. The van der Waals surface area contributed by atoms with Crippen LogP contribution < -0.4 is 11.1 Å². The number of hydrogen-bond donors (Lipinski definition) is 2. The fourth-order valence-corrected chi connectivity index (χ4v) is 1.87. The first-order valence-corrected chi connectivity index (χ1v) is 5.36. The Labute approximate surface area is 85.0 Å². The van der Waals surface area contributed by atoms with Crippen molar-refractivity contribution >= 4 is 0 Å². The zero-order valence-electron chi connectivity index (χ0n) is 8.41. The van der Waals surface area contributed by atoms with E-state index >= 15 is 0 Å². The van der Waals surface area contributed by atoms with E-state index < -0.39 is 0 Å². The maximum Gasteiger partial charge on any atom is 0.120 e. The van der Waals surface area contributed by atoms with Gasteiger partial charge in [0.15, 0.2) is 0 Å². The van der Waals surface area contributed by atoms with Gasteiger partial charge in [-0.15, -0.1) is 0 Å². The third-order valence-corrected chi connectivity index (χ3v) is 2.68. The minimum absolute atomic E-state index is 0.243. The van der Waals surface area contributed by atoms with E-state index in [1.54, 1.807) is 0 Å². The predicted molar refractivity (Wildman–Crippen MR) is 56.5 cm³/mol. The van der Waals surface area contributed by atoms with Crippen LogP contribution in [0, 0.1) is 0 Å². The third kappa shape index (κ3) is 2.51. The molecule has 3 heteroatoms. The molecule has 14 heavy (non-hydrogen) atoms. The molecule has 2 rings (SSSR count). The van der Waals surface area contributed by atoms with Crippen LogP contribution in [0.25, 0.3) is 0 Å². The van der Waals surface area contributed by atoms with Gasteiger partial charge in [-0.1, -0.05) is 0 Å². The lowest BCUT2D eigenvalue weighted by Crippen LogP contribution is -2.27. The molecular formula is C11H18N2O. The Morgan fingerprint density at radius 2 is 2.36 bits per heavy atom. The van der Waals surface area contributed by atoms with Crippen molar-refractivity contribution in [2.75, 3.05) is 6.54 Å². The molecular weight excluding hydrogens is 176 g/mol. The van der Waals surface area contributed by atoms with Crippen LogP contribution >= 0.6 is 0 Å². The number of ether oxygens (including phenoxy) is 1. The van der Waals surface area contributed by atoms with Gasteiger partial charge in [0.05, 0.1) is 5.76 Å². The SMILES string of the molecule is NC1CCC=C(OC2C=CNCC2)C1. The molecule has 3 nitrogen and oxygen atoms in total. The molecule has 3 N–H and O–H groups in total. The Bertz CT molecular complexity index is 248. The molecule has 0 saturated carbocycles. The number of allylic oxidation sites excluding steroid dienone is 1. The summed E-state index contributed by atoms with van der Waals surface area (Å²) in [4.78, 5) is 0. The highest BCUT2D eigenvalue weighted by Crippen LogP contribution is 2.20. The van der Waals surface area contributed by atoms with Crippen LogP contribution in [0.4, 0.5) is 0 Å². The summed E-state index contributed by atoms with van der Waals surface area (Å²) < 4.78 is 5.86. The Hall–Kier alpha value is -0.960. The second kappa shape index (κ2) is 4.51. The van der Waals surface area contributed by atoms with E-state index in [4.69, 9.17) is 10.5 Å². The second-order valence-corrected chi connectivity index (χ2v) is 3.97. The highest BCUT2D eigenvalue weighted by molar-refractivity contribution is 5.04. The molecule has 0 aromatic heterocycles. The normalized spacial score (nSPS) is 31.9. The molecule has 1 aliphatic heterocycles. The van der Waals surface area contributed by atoms with E-state index in [1.807, 2.05) is 6.20 Å². The summed E-state index contributed by atoms with van der Waals surface area (Å²) in [6.45, 7) is 1.00. The number of nitrogens with two attached hydrogens (primary N) is 1. The molecule has 0 amide bonds. The van der Waals surface area contributed by atoms with Crippen molar-refractivity contribution < 1.29 is 4.74 Å². The number of nitrogens with one attached hydrogen (secondary N) is 1. The first-order valence-electron chi connectivity index (χ1n) is 5.36. The fourth-order valence-electron chi connectivity index (χ4n) is 1.87. The Balaban J connectivity index is 1.87. The van der Waals surface area contributed by atoms with Crippen molar-refractivity contribution in [1.29, 1.82) is 0 Å². The Kier molecular flexibility index (Phi) is 3.09. The minimum Gasteiger partial charge on any atom is -0.491 e. The molecule has 2 aliphatic rings. The molecule has 1 aliphatic carbocycles. The van der Waals surface area contributed by atoms with Crippen LogP contribution in [0.1, 0.15) is 25.7 Å². The highest BCUT2D eigenvalue weighted by atomic mass is 16.5. The van der Waals surface area contributed by atoms with Gasteiger partial charge in [0, 0.05) is 25.4 Å². The third-order valence-electron chi connectivity index (χ3n) is 2.68. The summed E-state index contributed by atoms with van der Waals surface area (Å²) >= 11 is 0. The molecule has 0 spiro atoms. The van der Waals surface area contributed by atoms with Gasteiger partial charge < -0.3 is 15.8 Å². The molecule has 0 saturated heterocycles. The topological polar surface area (TPSA) is 47.3 Å². The van der Waals surface area contributed by atoms with E-state index in [2.05, 4.69) is 17.5 Å². The molecule has 2 unspecified atom stereocenters. The summed E-state index contributed by atoms with van der Waals surface area (Å²) in [7, 11) is 0. The average molecular weight is 194 g/mol. The van der Waals surface area contributed by atoms with E-state index in [9.17, 15) is 0 Å². The van der Waals surface area contributed by atoms with Crippen LogP contribution in [-0.2, 0) is 4.74 Å². The van der Waals surface area contributed by atoms with E-state index in [-0.39, 0.29) is 6.10 Å². The largest absolute Gasteiger partial charge is 0.491 e. The van der Waals surface area contributed by atoms with Gasteiger partial charge in [0.2, 0.25) is 0 Å². The maximum atomic E-state index is 5.88. The van der Waals surface area contributed by atoms with Crippen LogP contribution in [0.3, 0.4) is 0 Å². The van der Waals surface area contributed by atoms with E-state index in [1.165, 1.54) is 0 Å². The standard InChI is InChI=1S/C11H18N2O/c12-9-2-1-3-11(8-9)14-10-4-6-13-7-5-10/h3-4,6,9-10,13H,1-2,5,7-8,12H2. The van der Waals surface area contributed by atoms with Crippen LogP contribution in [-0.4, -0.2) is 18.7 Å². The van der Waals surface area contributed by atoms with Crippen molar-refractivity contribution in [2.45, 2.75) is 37.8 Å². The van der Waals surface area contributed by atoms with Crippen LogP contribution in [0.5, 0.6) is 0 Å². The Morgan fingerprint density at radius 3 is 3.07 bits per heavy atom. The molecule has 0 fully saturated rings. The molecule has 0 aromatic carbocycles. The lowest BCUT2D eigenvalue weighted by atomic mass is 10.0. The van der Waals surface area contributed by atoms with Gasteiger partial charge in [-0.3, -0.25) is 0 Å². The van der Waals surface area contributed by atoms with E-state index in [0.717, 1.165) is 38.0 Å². The summed E-state index contributed by atoms with van der Waals surface area (Å²) in [5.74, 6) is 1.08. The van der Waals surface area contributed by atoms with Crippen molar-refractivity contribution in [3.63, 3.8) is 0 Å². The first kappa shape index (κ1) is 9.59. The van der Waals surface area contributed by atoms with Gasteiger partial charge in [0.25, 0.3) is 0 Å².